The maximum atomic E-state index is 11.2. The number of nitrogens with zero attached hydrogens (tertiary/aromatic N) is 2. The highest BCUT2D eigenvalue weighted by Crippen LogP contribution is 2.18. The van der Waals surface area contributed by atoms with Gasteiger partial charge in [-0.2, -0.15) is 0 Å². The van der Waals surface area contributed by atoms with Crippen LogP contribution in [-0.2, 0) is 19.1 Å². The number of rotatable bonds is 5. The van der Waals surface area contributed by atoms with Gasteiger partial charge in [-0.05, 0) is 47.5 Å². The van der Waals surface area contributed by atoms with E-state index in [1.54, 1.807) is 48.8 Å². The van der Waals surface area contributed by atoms with Gasteiger partial charge in [-0.3, -0.25) is 9.97 Å². The van der Waals surface area contributed by atoms with E-state index >= 15 is 0 Å². The molecule has 0 fully saturated rings. The summed E-state index contributed by atoms with van der Waals surface area (Å²) < 4.78 is 9.12. The SMILES string of the molecule is COC(=O)/C=C/c1ccnc(-c2cc(/C=C/C(=O)OC)ccn2)c1. The Kier molecular flexibility index (Phi) is 5.96. The fraction of sp³-hybridized carbons (Fsp3) is 0.111. The van der Waals surface area contributed by atoms with Crippen molar-refractivity contribution in [1.82, 2.24) is 9.97 Å². The Bertz CT molecular complexity index is 730. The molecule has 24 heavy (non-hydrogen) atoms. The predicted molar refractivity (Wildman–Crippen MR) is 89.6 cm³/mol. The van der Waals surface area contributed by atoms with Crippen LogP contribution in [0.25, 0.3) is 23.5 Å². The first-order valence-corrected chi connectivity index (χ1v) is 7.07. The van der Waals surface area contributed by atoms with Crippen LogP contribution >= 0.6 is 0 Å². The monoisotopic (exact) mass is 324 g/mol. The summed E-state index contributed by atoms with van der Waals surface area (Å²) in [5.74, 6) is -0.858. The second kappa shape index (κ2) is 8.38. The molecule has 0 atom stereocenters. The number of pyridine rings is 2. The summed E-state index contributed by atoms with van der Waals surface area (Å²) in [5.41, 5.74) is 2.89. The van der Waals surface area contributed by atoms with Crippen LogP contribution in [0.2, 0.25) is 0 Å². The average Bonchev–Trinajstić information content (AvgIpc) is 2.64. The zero-order valence-electron chi connectivity index (χ0n) is 13.3. The minimum Gasteiger partial charge on any atom is -0.466 e. The highest BCUT2D eigenvalue weighted by molar-refractivity contribution is 5.87. The molecule has 6 nitrogen and oxygen atoms in total. The molecular formula is C18H16N2O4. The van der Waals surface area contributed by atoms with E-state index < -0.39 is 11.9 Å². The van der Waals surface area contributed by atoms with Crippen LogP contribution in [0.15, 0.2) is 48.8 Å². The lowest BCUT2D eigenvalue weighted by Gasteiger charge is -2.02. The van der Waals surface area contributed by atoms with Crippen molar-refractivity contribution < 1.29 is 19.1 Å². The Morgan fingerprint density at radius 1 is 0.833 bits per heavy atom. The van der Waals surface area contributed by atoms with Crippen molar-refractivity contribution in [2.24, 2.45) is 0 Å². The van der Waals surface area contributed by atoms with Gasteiger partial charge in [0, 0.05) is 24.5 Å². The summed E-state index contributed by atoms with van der Waals surface area (Å²) in [6.07, 6.45) is 9.20. The highest BCUT2D eigenvalue weighted by Gasteiger charge is 2.03. The molecule has 0 amide bonds. The fourth-order valence-electron chi connectivity index (χ4n) is 1.85. The number of hydrogen-bond donors (Lipinski definition) is 0. The van der Waals surface area contributed by atoms with Crippen molar-refractivity contribution in [1.29, 1.82) is 0 Å². The number of ether oxygens (including phenoxy) is 2. The van der Waals surface area contributed by atoms with Gasteiger partial charge in [0.2, 0.25) is 0 Å². The third kappa shape index (κ3) is 4.88. The normalized spacial score (nSPS) is 10.9. The largest absolute Gasteiger partial charge is 0.466 e. The molecule has 0 radical (unpaired) electrons. The van der Waals surface area contributed by atoms with Gasteiger partial charge in [-0.15, -0.1) is 0 Å². The maximum Gasteiger partial charge on any atom is 0.330 e. The fourth-order valence-corrected chi connectivity index (χ4v) is 1.85. The molecule has 0 aliphatic heterocycles. The predicted octanol–water partition coefficient (Wildman–Crippen LogP) is 2.52. The quantitative estimate of drug-likeness (QED) is 0.621. The Morgan fingerprint density at radius 3 is 1.62 bits per heavy atom. The summed E-state index contributed by atoms with van der Waals surface area (Å²) >= 11 is 0. The lowest BCUT2D eigenvalue weighted by Crippen LogP contribution is -1.94. The van der Waals surface area contributed by atoms with E-state index in [0.717, 1.165) is 11.1 Å². The first-order chi connectivity index (χ1) is 11.6. The Morgan fingerprint density at radius 2 is 1.25 bits per heavy atom. The molecule has 2 aromatic heterocycles. The van der Waals surface area contributed by atoms with Crippen molar-refractivity contribution in [2.45, 2.75) is 0 Å². The molecule has 0 N–H and O–H groups in total. The molecule has 0 unspecified atom stereocenters. The van der Waals surface area contributed by atoms with Crippen molar-refractivity contribution >= 4 is 24.1 Å². The number of esters is 2. The maximum absolute atomic E-state index is 11.2. The zero-order chi connectivity index (χ0) is 17.4. The summed E-state index contributed by atoms with van der Waals surface area (Å²) in [7, 11) is 2.64. The third-order valence-electron chi connectivity index (χ3n) is 3.06. The zero-order valence-corrected chi connectivity index (χ0v) is 13.3. The van der Waals surface area contributed by atoms with Crippen molar-refractivity contribution in [3.63, 3.8) is 0 Å². The van der Waals surface area contributed by atoms with Gasteiger partial charge in [0.1, 0.15) is 0 Å². The van der Waals surface area contributed by atoms with Gasteiger partial charge >= 0.3 is 11.9 Å². The molecule has 122 valence electrons. The number of hydrogen-bond acceptors (Lipinski definition) is 6. The molecule has 0 aromatic carbocycles. The highest BCUT2D eigenvalue weighted by atomic mass is 16.5. The van der Waals surface area contributed by atoms with Crippen LogP contribution in [0.1, 0.15) is 11.1 Å². The first kappa shape index (κ1) is 17.1. The molecule has 6 heteroatoms. The molecule has 0 saturated heterocycles. The Labute approximate surface area is 139 Å². The summed E-state index contributed by atoms with van der Waals surface area (Å²) in [6.45, 7) is 0. The van der Waals surface area contributed by atoms with Gasteiger partial charge in [-0.1, -0.05) is 0 Å². The molecule has 2 heterocycles. The second-order valence-electron chi connectivity index (χ2n) is 4.66. The van der Waals surface area contributed by atoms with Crippen molar-refractivity contribution in [3.8, 4) is 11.4 Å². The Hall–Kier alpha value is -3.28. The van der Waals surface area contributed by atoms with Crippen LogP contribution in [0.3, 0.4) is 0 Å². The van der Waals surface area contributed by atoms with Crippen LogP contribution < -0.4 is 0 Å². The molecule has 0 bridgehead atoms. The number of carbonyl (C=O) groups excluding carboxylic acids is 2. The average molecular weight is 324 g/mol. The van der Waals surface area contributed by atoms with Gasteiger partial charge < -0.3 is 9.47 Å². The van der Waals surface area contributed by atoms with E-state index in [-0.39, 0.29) is 0 Å². The van der Waals surface area contributed by atoms with Crippen molar-refractivity contribution in [3.05, 3.63) is 59.9 Å². The van der Waals surface area contributed by atoms with E-state index in [4.69, 9.17) is 0 Å². The van der Waals surface area contributed by atoms with Crippen LogP contribution in [0.5, 0.6) is 0 Å². The van der Waals surface area contributed by atoms with E-state index in [1.165, 1.54) is 26.4 Å². The standard InChI is InChI=1S/C18H16N2O4/c1-23-17(21)5-3-13-7-9-19-15(11-13)16-12-14(8-10-20-16)4-6-18(22)24-2/h3-12H,1-2H3/b5-3+,6-4+. The molecule has 0 saturated carbocycles. The number of aromatic nitrogens is 2. The van der Waals surface area contributed by atoms with Crippen LogP contribution in [0.4, 0.5) is 0 Å². The Balaban J connectivity index is 2.25. The minimum absolute atomic E-state index is 0.429. The lowest BCUT2D eigenvalue weighted by atomic mass is 10.1. The van der Waals surface area contributed by atoms with Gasteiger partial charge in [0.15, 0.2) is 0 Å². The van der Waals surface area contributed by atoms with E-state index in [1.807, 2.05) is 0 Å². The lowest BCUT2D eigenvalue weighted by molar-refractivity contribution is -0.135. The van der Waals surface area contributed by atoms with Gasteiger partial charge in [0.25, 0.3) is 0 Å². The van der Waals surface area contributed by atoms with E-state index in [9.17, 15) is 9.59 Å². The van der Waals surface area contributed by atoms with Gasteiger partial charge in [0.05, 0.1) is 25.6 Å². The van der Waals surface area contributed by atoms with Crippen LogP contribution in [0, 0.1) is 0 Å². The van der Waals surface area contributed by atoms with Crippen LogP contribution in [-0.4, -0.2) is 36.1 Å². The summed E-state index contributed by atoms with van der Waals surface area (Å²) in [4.78, 5) is 30.9. The molecule has 0 aliphatic carbocycles. The first-order valence-electron chi connectivity index (χ1n) is 7.07. The summed E-state index contributed by atoms with van der Waals surface area (Å²) in [5, 5.41) is 0. The smallest absolute Gasteiger partial charge is 0.330 e. The minimum atomic E-state index is -0.429. The topological polar surface area (TPSA) is 78.4 Å². The molecule has 2 aromatic rings. The molecule has 2 rings (SSSR count). The molecule has 0 aliphatic rings. The van der Waals surface area contributed by atoms with Crippen molar-refractivity contribution in [2.75, 3.05) is 14.2 Å². The van der Waals surface area contributed by atoms with E-state index in [2.05, 4.69) is 19.4 Å². The number of carbonyl (C=O) groups is 2. The summed E-state index contributed by atoms with van der Waals surface area (Å²) in [6, 6.07) is 7.14. The van der Waals surface area contributed by atoms with Gasteiger partial charge in [-0.25, -0.2) is 9.59 Å². The third-order valence-corrected chi connectivity index (χ3v) is 3.06. The molecular weight excluding hydrogens is 308 g/mol. The number of methoxy groups -OCH3 is 2. The molecule has 0 spiro atoms. The second-order valence-corrected chi connectivity index (χ2v) is 4.66. The van der Waals surface area contributed by atoms with E-state index in [0.29, 0.717) is 11.4 Å².